The molecule has 0 fully saturated rings. The molecule has 0 bridgehead atoms. The van der Waals surface area contributed by atoms with E-state index in [0.717, 1.165) is 36.1 Å². The largest absolute Gasteiger partial charge is 0.372 e. The first-order valence-electron chi connectivity index (χ1n) is 5.67. The van der Waals surface area contributed by atoms with Gasteiger partial charge in [-0.2, -0.15) is 0 Å². The Kier molecular flexibility index (Phi) is 3.25. The Balaban J connectivity index is 2.31. The van der Waals surface area contributed by atoms with Crippen LogP contribution in [-0.4, -0.2) is 11.5 Å². The van der Waals surface area contributed by atoms with Gasteiger partial charge in [-0.15, -0.1) is 0 Å². The molecule has 0 amide bonds. The van der Waals surface area contributed by atoms with Crippen LogP contribution in [0, 0.1) is 0 Å². The van der Waals surface area contributed by atoms with E-state index in [4.69, 9.17) is 0 Å². The van der Waals surface area contributed by atoms with Gasteiger partial charge in [0.25, 0.3) is 0 Å². The number of hydrogen-bond donors (Lipinski definition) is 2. The van der Waals surface area contributed by atoms with E-state index in [1.165, 1.54) is 0 Å². The average Bonchev–Trinajstić information content (AvgIpc) is 2.30. The van der Waals surface area contributed by atoms with E-state index >= 15 is 0 Å². The van der Waals surface area contributed by atoms with E-state index in [9.17, 15) is 4.79 Å². The van der Waals surface area contributed by atoms with Gasteiger partial charge in [0.05, 0.1) is 5.52 Å². The maximum Gasteiger partial charge on any atom is 0.191 e. The van der Waals surface area contributed by atoms with Gasteiger partial charge in [0.2, 0.25) is 0 Å². The lowest BCUT2D eigenvalue weighted by atomic mass is 10.2. The van der Waals surface area contributed by atoms with Crippen LogP contribution in [0.15, 0.2) is 35.1 Å². The molecule has 0 unspecified atom stereocenters. The summed E-state index contributed by atoms with van der Waals surface area (Å²) in [4.78, 5) is 15.0. The number of fused-ring (bicyclic) bond motifs is 1. The highest BCUT2D eigenvalue weighted by atomic mass is 16.1. The maximum atomic E-state index is 11.8. The molecule has 1 aromatic carbocycles. The van der Waals surface area contributed by atoms with Crippen molar-refractivity contribution in [3.05, 3.63) is 40.6 Å². The van der Waals surface area contributed by atoms with Gasteiger partial charge in [-0.3, -0.25) is 4.79 Å². The smallest absolute Gasteiger partial charge is 0.191 e. The molecule has 3 heteroatoms. The van der Waals surface area contributed by atoms with Gasteiger partial charge in [0, 0.05) is 18.0 Å². The van der Waals surface area contributed by atoms with Crippen molar-refractivity contribution in [2.24, 2.45) is 0 Å². The van der Waals surface area contributed by atoms with Gasteiger partial charge < -0.3 is 10.3 Å². The first-order chi connectivity index (χ1) is 7.81. The lowest BCUT2D eigenvalue weighted by Crippen LogP contribution is -2.08. The molecule has 0 aliphatic carbocycles. The Hall–Kier alpha value is -1.77. The minimum Gasteiger partial charge on any atom is -0.372 e. The number of anilines is 1. The number of aromatic amines is 1. The maximum absolute atomic E-state index is 11.8. The number of hydrogen-bond acceptors (Lipinski definition) is 2. The molecule has 2 rings (SSSR count). The molecule has 0 saturated heterocycles. The third-order valence-electron chi connectivity index (χ3n) is 2.58. The van der Waals surface area contributed by atoms with E-state index in [-0.39, 0.29) is 5.43 Å². The number of H-pyrrole nitrogens is 1. The van der Waals surface area contributed by atoms with E-state index in [0.29, 0.717) is 0 Å². The van der Waals surface area contributed by atoms with Crippen molar-refractivity contribution >= 4 is 16.7 Å². The minimum absolute atomic E-state index is 0.0633. The predicted octanol–water partition coefficient (Wildman–Crippen LogP) is 2.74. The van der Waals surface area contributed by atoms with Crippen molar-refractivity contribution in [2.75, 3.05) is 11.9 Å². The fourth-order valence-electron chi connectivity index (χ4n) is 1.69. The zero-order valence-electron chi connectivity index (χ0n) is 9.42. The summed E-state index contributed by atoms with van der Waals surface area (Å²) in [5.41, 5.74) is 0.947. The summed E-state index contributed by atoms with van der Waals surface area (Å²) in [6, 6.07) is 9.18. The second-order valence-electron chi connectivity index (χ2n) is 3.87. The van der Waals surface area contributed by atoms with Crippen LogP contribution in [0.25, 0.3) is 10.9 Å². The fourth-order valence-corrected chi connectivity index (χ4v) is 1.69. The number of benzene rings is 1. The van der Waals surface area contributed by atoms with Crippen LogP contribution in [-0.2, 0) is 0 Å². The molecule has 0 spiro atoms. The summed E-state index contributed by atoms with van der Waals surface area (Å²) in [6.07, 6.45) is 2.25. The Morgan fingerprint density at radius 2 is 2.12 bits per heavy atom. The summed E-state index contributed by atoms with van der Waals surface area (Å²) < 4.78 is 0. The molecule has 0 aliphatic heterocycles. The number of pyridine rings is 1. The van der Waals surface area contributed by atoms with Crippen molar-refractivity contribution in [3.8, 4) is 0 Å². The van der Waals surface area contributed by atoms with Gasteiger partial charge in [-0.25, -0.2) is 0 Å². The van der Waals surface area contributed by atoms with Crippen LogP contribution in [0.2, 0.25) is 0 Å². The van der Waals surface area contributed by atoms with E-state index in [1.54, 1.807) is 6.07 Å². The van der Waals surface area contributed by atoms with Gasteiger partial charge in [-0.05, 0) is 18.6 Å². The molecule has 1 aromatic heterocycles. The summed E-state index contributed by atoms with van der Waals surface area (Å²) in [6.45, 7) is 3.04. The second-order valence-corrected chi connectivity index (χ2v) is 3.87. The molecular weight excluding hydrogens is 200 g/mol. The molecule has 1 heterocycles. The van der Waals surface area contributed by atoms with Crippen LogP contribution in [0.3, 0.4) is 0 Å². The monoisotopic (exact) mass is 216 g/mol. The molecule has 0 radical (unpaired) electrons. The molecule has 16 heavy (non-hydrogen) atoms. The van der Waals surface area contributed by atoms with Crippen LogP contribution in [0.4, 0.5) is 5.82 Å². The van der Waals surface area contributed by atoms with Crippen molar-refractivity contribution < 1.29 is 0 Å². The van der Waals surface area contributed by atoms with Crippen molar-refractivity contribution in [1.82, 2.24) is 4.98 Å². The lowest BCUT2D eigenvalue weighted by Gasteiger charge is -2.06. The Morgan fingerprint density at radius 3 is 2.94 bits per heavy atom. The Labute approximate surface area is 94.5 Å². The normalized spacial score (nSPS) is 10.6. The SMILES string of the molecule is CCCCNc1cc(=O)c2ccccc2[nH]1. The summed E-state index contributed by atoms with van der Waals surface area (Å²) >= 11 is 0. The number of nitrogens with one attached hydrogen (secondary N) is 2. The molecule has 3 nitrogen and oxygen atoms in total. The zero-order valence-corrected chi connectivity index (χ0v) is 9.42. The number of aromatic nitrogens is 1. The topological polar surface area (TPSA) is 44.9 Å². The summed E-state index contributed by atoms with van der Waals surface area (Å²) in [5, 5.41) is 3.96. The first-order valence-corrected chi connectivity index (χ1v) is 5.67. The fraction of sp³-hybridized carbons (Fsp3) is 0.308. The quantitative estimate of drug-likeness (QED) is 0.772. The van der Waals surface area contributed by atoms with Gasteiger partial charge in [-0.1, -0.05) is 25.5 Å². The molecule has 0 atom stereocenters. The lowest BCUT2D eigenvalue weighted by molar-refractivity contribution is 0.831. The first kappa shape index (κ1) is 10.7. The summed E-state index contributed by atoms with van der Waals surface area (Å²) in [5.74, 6) is 0.803. The Bertz CT molecular complexity index is 531. The van der Waals surface area contributed by atoms with E-state index in [1.807, 2.05) is 24.3 Å². The van der Waals surface area contributed by atoms with Crippen molar-refractivity contribution in [2.45, 2.75) is 19.8 Å². The standard InChI is InChI=1S/C13H16N2O/c1-2-3-8-14-13-9-12(16)10-6-4-5-7-11(10)15-13/h4-7,9H,2-3,8H2,1H3,(H2,14,15,16). The number of rotatable bonds is 4. The zero-order chi connectivity index (χ0) is 11.4. The van der Waals surface area contributed by atoms with E-state index in [2.05, 4.69) is 17.2 Å². The van der Waals surface area contributed by atoms with Gasteiger partial charge in [0.1, 0.15) is 5.82 Å². The molecular formula is C13H16N2O. The molecule has 0 saturated carbocycles. The predicted molar refractivity (Wildman–Crippen MR) is 68.0 cm³/mol. The third kappa shape index (κ3) is 2.24. The number of para-hydroxylation sites is 1. The van der Waals surface area contributed by atoms with Gasteiger partial charge >= 0.3 is 0 Å². The minimum atomic E-state index is 0.0633. The highest BCUT2D eigenvalue weighted by molar-refractivity contribution is 5.79. The molecule has 84 valence electrons. The van der Waals surface area contributed by atoms with Gasteiger partial charge in [0.15, 0.2) is 5.43 Å². The summed E-state index contributed by atoms with van der Waals surface area (Å²) in [7, 11) is 0. The number of unbranched alkanes of at least 4 members (excludes halogenated alkanes) is 1. The molecule has 2 aromatic rings. The molecule has 0 aliphatic rings. The van der Waals surface area contributed by atoms with Crippen LogP contribution in [0.5, 0.6) is 0 Å². The highest BCUT2D eigenvalue weighted by Crippen LogP contribution is 2.09. The Morgan fingerprint density at radius 1 is 1.31 bits per heavy atom. The highest BCUT2D eigenvalue weighted by Gasteiger charge is 2.00. The van der Waals surface area contributed by atoms with Crippen molar-refractivity contribution in [1.29, 1.82) is 0 Å². The second kappa shape index (κ2) is 4.84. The average molecular weight is 216 g/mol. The van der Waals surface area contributed by atoms with Crippen LogP contribution >= 0.6 is 0 Å². The van der Waals surface area contributed by atoms with Crippen LogP contribution < -0.4 is 10.7 Å². The van der Waals surface area contributed by atoms with Crippen molar-refractivity contribution in [3.63, 3.8) is 0 Å². The van der Waals surface area contributed by atoms with E-state index < -0.39 is 0 Å². The third-order valence-corrected chi connectivity index (χ3v) is 2.58. The molecule has 2 N–H and O–H groups in total. The van der Waals surface area contributed by atoms with Crippen LogP contribution in [0.1, 0.15) is 19.8 Å².